The molecule has 0 atom stereocenters. The molecular formula is C20H17FN4O. The SMILES string of the molecule is Cc1cc(C(=O)N2CCc3ccccc32)nc(Nc2ccccc2F)n1. The van der Waals surface area contributed by atoms with E-state index in [4.69, 9.17) is 0 Å². The van der Waals surface area contributed by atoms with E-state index in [1.54, 1.807) is 36.1 Å². The molecule has 6 heteroatoms. The van der Waals surface area contributed by atoms with Crippen LogP contribution in [0.25, 0.3) is 0 Å². The third-order valence-corrected chi connectivity index (χ3v) is 4.33. The van der Waals surface area contributed by atoms with Crippen molar-refractivity contribution in [3.63, 3.8) is 0 Å². The molecule has 26 heavy (non-hydrogen) atoms. The number of fused-ring (bicyclic) bond motifs is 1. The second kappa shape index (κ2) is 6.55. The Morgan fingerprint density at radius 3 is 2.73 bits per heavy atom. The van der Waals surface area contributed by atoms with E-state index in [9.17, 15) is 9.18 Å². The van der Waals surface area contributed by atoms with E-state index < -0.39 is 5.82 Å². The first-order chi connectivity index (χ1) is 12.6. The molecule has 5 nitrogen and oxygen atoms in total. The van der Waals surface area contributed by atoms with E-state index in [0.29, 0.717) is 12.2 Å². The number of aromatic nitrogens is 2. The molecule has 0 saturated carbocycles. The van der Waals surface area contributed by atoms with Crippen LogP contribution in [0.4, 0.5) is 21.7 Å². The molecule has 0 spiro atoms. The Morgan fingerprint density at radius 1 is 1.12 bits per heavy atom. The molecule has 1 aliphatic heterocycles. The molecule has 0 bridgehead atoms. The van der Waals surface area contributed by atoms with Gasteiger partial charge in [0.05, 0.1) is 5.69 Å². The largest absolute Gasteiger partial charge is 0.322 e. The van der Waals surface area contributed by atoms with Gasteiger partial charge in [0.15, 0.2) is 0 Å². The maximum atomic E-state index is 13.9. The van der Waals surface area contributed by atoms with Crippen LogP contribution in [0.3, 0.4) is 0 Å². The summed E-state index contributed by atoms with van der Waals surface area (Å²) in [5.41, 5.74) is 3.25. The van der Waals surface area contributed by atoms with Crippen LogP contribution in [0, 0.1) is 12.7 Å². The molecule has 1 aromatic heterocycles. The van der Waals surface area contributed by atoms with Crippen molar-refractivity contribution in [1.29, 1.82) is 0 Å². The summed E-state index contributed by atoms with van der Waals surface area (Å²) in [6, 6.07) is 15.8. The lowest BCUT2D eigenvalue weighted by atomic mass is 10.2. The van der Waals surface area contributed by atoms with Crippen molar-refractivity contribution in [2.24, 2.45) is 0 Å². The van der Waals surface area contributed by atoms with E-state index in [-0.39, 0.29) is 23.2 Å². The van der Waals surface area contributed by atoms with Crippen molar-refractivity contribution in [2.75, 3.05) is 16.8 Å². The summed E-state index contributed by atoms with van der Waals surface area (Å²) in [6.45, 7) is 2.40. The van der Waals surface area contributed by atoms with Crippen molar-refractivity contribution >= 4 is 23.2 Å². The van der Waals surface area contributed by atoms with E-state index in [1.807, 2.05) is 24.3 Å². The van der Waals surface area contributed by atoms with Gasteiger partial charge in [-0.25, -0.2) is 14.4 Å². The van der Waals surface area contributed by atoms with E-state index in [0.717, 1.165) is 17.7 Å². The Bertz CT molecular complexity index is 989. The third kappa shape index (κ3) is 3.01. The molecule has 0 aliphatic carbocycles. The molecule has 1 N–H and O–H groups in total. The monoisotopic (exact) mass is 348 g/mol. The average molecular weight is 348 g/mol. The second-order valence-corrected chi connectivity index (χ2v) is 6.16. The smallest absolute Gasteiger partial charge is 0.277 e. The van der Waals surface area contributed by atoms with E-state index in [2.05, 4.69) is 15.3 Å². The molecule has 130 valence electrons. The van der Waals surface area contributed by atoms with Crippen LogP contribution in [0.15, 0.2) is 54.6 Å². The summed E-state index contributed by atoms with van der Waals surface area (Å²) < 4.78 is 13.9. The van der Waals surface area contributed by atoms with Crippen molar-refractivity contribution in [2.45, 2.75) is 13.3 Å². The predicted molar refractivity (Wildman–Crippen MR) is 98.3 cm³/mol. The first kappa shape index (κ1) is 16.2. The molecule has 0 fully saturated rings. The predicted octanol–water partition coefficient (Wildman–Crippen LogP) is 3.87. The van der Waals surface area contributed by atoms with E-state index >= 15 is 0 Å². The number of aryl methyl sites for hydroxylation is 1. The van der Waals surface area contributed by atoms with Crippen molar-refractivity contribution < 1.29 is 9.18 Å². The maximum absolute atomic E-state index is 13.9. The normalized spacial score (nSPS) is 12.8. The molecule has 0 radical (unpaired) electrons. The number of para-hydroxylation sites is 2. The van der Waals surface area contributed by atoms with Crippen molar-refractivity contribution in [1.82, 2.24) is 9.97 Å². The van der Waals surface area contributed by atoms with Crippen molar-refractivity contribution in [3.8, 4) is 0 Å². The molecule has 1 aliphatic rings. The summed E-state index contributed by atoms with van der Waals surface area (Å²) in [5.74, 6) is -0.387. The third-order valence-electron chi connectivity index (χ3n) is 4.33. The maximum Gasteiger partial charge on any atom is 0.277 e. The minimum Gasteiger partial charge on any atom is -0.322 e. The lowest BCUT2D eigenvalue weighted by Gasteiger charge is -2.17. The Morgan fingerprint density at radius 2 is 1.88 bits per heavy atom. The fourth-order valence-electron chi connectivity index (χ4n) is 3.10. The molecule has 4 rings (SSSR count). The molecule has 3 aromatic rings. The molecule has 1 amide bonds. The van der Waals surface area contributed by atoms with Gasteiger partial charge in [-0.2, -0.15) is 0 Å². The molecule has 0 saturated heterocycles. The highest BCUT2D eigenvalue weighted by atomic mass is 19.1. The molecule has 2 aromatic carbocycles. The summed E-state index contributed by atoms with van der Waals surface area (Å²) in [4.78, 5) is 23.3. The number of rotatable bonds is 3. The van der Waals surface area contributed by atoms with Crippen LogP contribution in [0.1, 0.15) is 21.7 Å². The zero-order valence-corrected chi connectivity index (χ0v) is 14.2. The minimum absolute atomic E-state index is 0.183. The van der Waals surface area contributed by atoms with Gasteiger partial charge >= 0.3 is 0 Å². The number of benzene rings is 2. The Labute approximate surface area is 150 Å². The summed E-state index contributed by atoms with van der Waals surface area (Å²) in [6.07, 6.45) is 0.826. The molecule has 2 heterocycles. The van der Waals surface area contributed by atoms with Crippen LogP contribution in [-0.2, 0) is 6.42 Å². The minimum atomic E-state index is -0.404. The van der Waals surface area contributed by atoms with Gasteiger partial charge in [0.2, 0.25) is 5.95 Å². The van der Waals surface area contributed by atoms with Gasteiger partial charge in [-0.3, -0.25) is 4.79 Å². The highest BCUT2D eigenvalue weighted by Crippen LogP contribution is 2.29. The first-order valence-corrected chi connectivity index (χ1v) is 8.39. The van der Waals surface area contributed by atoms with Gasteiger partial charge in [-0.1, -0.05) is 30.3 Å². The van der Waals surface area contributed by atoms with Gasteiger partial charge in [-0.05, 0) is 43.2 Å². The number of carbonyl (C=O) groups excluding carboxylic acids is 1. The standard InChI is InChI=1S/C20H17FN4O/c1-13-12-17(19(26)25-11-10-14-6-2-5-9-18(14)25)24-20(22-13)23-16-8-4-3-7-15(16)21/h2-9,12H,10-11H2,1H3,(H,22,23,24). The Kier molecular flexibility index (Phi) is 4.08. The quantitative estimate of drug-likeness (QED) is 0.781. The number of amides is 1. The topological polar surface area (TPSA) is 58.1 Å². The number of anilines is 3. The van der Waals surface area contributed by atoms with Gasteiger partial charge < -0.3 is 10.2 Å². The highest BCUT2D eigenvalue weighted by molar-refractivity contribution is 6.06. The number of hydrogen-bond acceptors (Lipinski definition) is 4. The summed E-state index contributed by atoms with van der Waals surface area (Å²) >= 11 is 0. The molecular weight excluding hydrogens is 331 g/mol. The van der Waals surface area contributed by atoms with Crippen LogP contribution in [0.5, 0.6) is 0 Å². The lowest BCUT2D eigenvalue weighted by Crippen LogP contribution is -2.30. The average Bonchev–Trinajstić information content (AvgIpc) is 3.07. The molecule has 0 unspecified atom stereocenters. The van der Waals surface area contributed by atoms with E-state index in [1.165, 1.54) is 6.07 Å². The van der Waals surface area contributed by atoms with Crippen LogP contribution in [-0.4, -0.2) is 22.4 Å². The number of nitrogens with one attached hydrogen (secondary N) is 1. The van der Waals surface area contributed by atoms with Gasteiger partial charge in [0, 0.05) is 17.9 Å². The Hall–Kier alpha value is -3.28. The first-order valence-electron chi connectivity index (χ1n) is 8.39. The zero-order chi connectivity index (χ0) is 18.1. The fourth-order valence-corrected chi connectivity index (χ4v) is 3.10. The summed E-state index contributed by atoms with van der Waals surface area (Å²) in [5, 5.41) is 2.85. The van der Waals surface area contributed by atoms with Crippen molar-refractivity contribution in [3.05, 3.63) is 77.4 Å². The lowest BCUT2D eigenvalue weighted by molar-refractivity contribution is 0.0984. The number of carbonyl (C=O) groups is 1. The fraction of sp³-hybridized carbons (Fsp3) is 0.150. The summed E-state index contributed by atoms with van der Waals surface area (Å²) in [7, 11) is 0. The van der Waals surface area contributed by atoms with Crippen LogP contribution in [0.2, 0.25) is 0 Å². The number of nitrogens with zero attached hydrogens (tertiary/aromatic N) is 3. The number of halogens is 1. The van der Waals surface area contributed by atoms with Gasteiger partial charge in [0.25, 0.3) is 5.91 Å². The van der Waals surface area contributed by atoms with Crippen LogP contribution < -0.4 is 10.2 Å². The van der Waals surface area contributed by atoms with Gasteiger partial charge in [-0.15, -0.1) is 0 Å². The second-order valence-electron chi connectivity index (χ2n) is 6.16. The van der Waals surface area contributed by atoms with Crippen LogP contribution >= 0.6 is 0 Å². The number of hydrogen-bond donors (Lipinski definition) is 1. The zero-order valence-electron chi connectivity index (χ0n) is 14.2. The highest BCUT2D eigenvalue weighted by Gasteiger charge is 2.26. The van der Waals surface area contributed by atoms with Gasteiger partial charge in [0.1, 0.15) is 11.5 Å². The Balaban J connectivity index is 1.64.